The molecule has 0 atom stereocenters. The Morgan fingerprint density at radius 1 is 1.04 bits per heavy atom. The molecule has 1 aliphatic rings. The molecule has 1 saturated heterocycles. The number of hydrogen-bond donors (Lipinski definition) is 0. The summed E-state index contributed by atoms with van der Waals surface area (Å²) in [5.74, 6) is -2.70. The topological polar surface area (TPSA) is 40.6 Å². The summed E-state index contributed by atoms with van der Waals surface area (Å²) in [6.45, 7) is 0.0652. The number of nitrogens with zero attached hydrogens (tertiary/aromatic N) is 2. The molecule has 4 nitrogen and oxygen atoms in total. The van der Waals surface area contributed by atoms with Crippen molar-refractivity contribution in [1.29, 1.82) is 0 Å². The van der Waals surface area contributed by atoms with Crippen LogP contribution in [0.5, 0.6) is 0 Å². The molecular formula is C16H16F4N2O2. The summed E-state index contributed by atoms with van der Waals surface area (Å²) in [5.41, 5.74) is 0.507. The highest BCUT2D eigenvalue weighted by atomic mass is 19.4. The molecule has 1 aliphatic heterocycles. The lowest BCUT2D eigenvalue weighted by molar-refractivity contribution is -0.185. The maximum absolute atomic E-state index is 13.1. The standard InChI is InChI=1S/C16H16F4N2O2/c17-13-4-1-3-12(11-13)5-6-14(23)21-7-2-8-22(10-9-21)15(24)16(18,19)20/h1,3-6,11H,2,7-10H2/b6-5+. The maximum atomic E-state index is 13.1. The summed E-state index contributed by atoms with van der Waals surface area (Å²) in [4.78, 5) is 25.4. The van der Waals surface area contributed by atoms with Crippen molar-refractivity contribution < 1.29 is 27.2 Å². The summed E-state index contributed by atoms with van der Waals surface area (Å²) in [6.07, 6.45) is -1.96. The van der Waals surface area contributed by atoms with Crippen LogP contribution < -0.4 is 0 Å². The molecule has 24 heavy (non-hydrogen) atoms. The third-order valence-electron chi connectivity index (χ3n) is 3.60. The van der Waals surface area contributed by atoms with Gasteiger partial charge in [-0.2, -0.15) is 13.2 Å². The van der Waals surface area contributed by atoms with E-state index in [1.54, 1.807) is 6.07 Å². The molecule has 0 spiro atoms. The molecule has 8 heteroatoms. The van der Waals surface area contributed by atoms with Gasteiger partial charge in [-0.1, -0.05) is 12.1 Å². The van der Waals surface area contributed by atoms with Crippen molar-refractivity contribution in [2.75, 3.05) is 26.2 Å². The van der Waals surface area contributed by atoms with Crippen LogP contribution in [-0.2, 0) is 9.59 Å². The number of alkyl halides is 3. The van der Waals surface area contributed by atoms with E-state index in [2.05, 4.69) is 0 Å². The molecule has 0 N–H and O–H groups in total. The largest absolute Gasteiger partial charge is 0.471 e. The van der Waals surface area contributed by atoms with E-state index < -0.39 is 17.9 Å². The zero-order chi connectivity index (χ0) is 17.7. The van der Waals surface area contributed by atoms with Gasteiger partial charge in [0.25, 0.3) is 0 Å². The molecule has 0 unspecified atom stereocenters. The number of carbonyl (C=O) groups is 2. The van der Waals surface area contributed by atoms with Crippen molar-refractivity contribution in [3.8, 4) is 0 Å². The van der Waals surface area contributed by atoms with Gasteiger partial charge in [-0.3, -0.25) is 9.59 Å². The third-order valence-corrected chi connectivity index (χ3v) is 3.60. The first-order chi connectivity index (χ1) is 11.3. The summed E-state index contributed by atoms with van der Waals surface area (Å²) in [7, 11) is 0. The lowest BCUT2D eigenvalue weighted by Gasteiger charge is -2.22. The van der Waals surface area contributed by atoms with Crippen LogP contribution >= 0.6 is 0 Å². The van der Waals surface area contributed by atoms with Crippen molar-refractivity contribution in [3.63, 3.8) is 0 Å². The Bertz CT molecular complexity index is 643. The lowest BCUT2D eigenvalue weighted by atomic mass is 10.2. The summed E-state index contributed by atoms with van der Waals surface area (Å²) in [5, 5.41) is 0. The van der Waals surface area contributed by atoms with E-state index in [-0.39, 0.29) is 38.5 Å². The van der Waals surface area contributed by atoms with Crippen molar-refractivity contribution in [2.45, 2.75) is 12.6 Å². The molecular weight excluding hydrogens is 328 g/mol. The second-order valence-electron chi connectivity index (χ2n) is 5.36. The first kappa shape index (κ1) is 18.0. The Kier molecular flexibility index (Phi) is 5.58. The first-order valence-electron chi connectivity index (χ1n) is 7.36. The maximum Gasteiger partial charge on any atom is 0.471 e. The van der Waals surface area contributed by atoms with E-state index in [4.69, 9.17) is 0 Å². The minimum Gasteiger partial charge on any atom is -0.337 e. The van der Waals surface area contributed by atoms with Gasteiger partial charge in [0.15, 0.2) is 0 Å². The van der Waals surface area contributed by atoms with Crippen molar-refractivity contribution in [2.24, 2.45) is 0 Å². The molecule has 1 aromatic rings. The normalized spacial score (nSPS) is 16.3. The second kappa shape index (κ2) is 7.46. The van der Waals surface area contributed by atoms with Gasteiger partial charge >= 0.3 is 12.1 Å². The van der Waals surface area contributed by atoms with Gasteiger partial charge in [0.05, 0.1) is 0 Å². The fourth-order valence-electron chi connectivity index (χ4n) is 2.40. The minimum atomic E-state index is -4.91. The Morgan fingerprint density at radius 2 is 1.71 bits per heavy atom. The Labute approximate surface area is 136 Å². The average Bonchev–Trinajstić information content (AvgIpc) is 2.77. The monoisotopic (exact) mass is 344 g/mol. The van der Waals surface area contributed by atoms with Crippen LogP contribution in [0.25, 0.3) is 6.08 Å². The molecule has 2 amide bonds. The number of benzene rings is 1. The van der Waals surface area contributed by atoms with E-state index >= 15 is 0 Å². The van der Waals surface area contributed by atoms with Gasteiger partial charge < -0.3 is 9.80 Å². The van der Waals surface area contributed by atoms with Crippen molar-refractivity contribution >= 4 is 17.9 Å². The Morgan fingerprint density at radius 3 is 2.38 bits per heavy atom. The van der Waals surface area contributed by atoms with Crippen molar-refractivity contribution in [3.05, 3.63) is 41.7 Å². The molecule has 0 aliphatic carbocycles. The van der Waals surface area contributed by atoms with Gasteiger partial charge in [0.1, 0.15) is 5.82 Å². The van der Waals surface area contributed by atoms with E-state index in [0.717, 1.165) is 0 Å². The third kappa shape index (κ3) is 4.81. The number of rotatable bonds is 2. The van der Waals surface area contributed by atoms with Crippen LogP contribution in [0.2, 0.25) is 0 Å². The number of hydrogen-bond acceptors (Lipinski definition) is 2. The van der Waals surface area contributed by atoms with Crippen molar-refractivity contribution in [1.82, 2.24) is 9.80 Å². The second-order valence-corrected chi connectivity index (χ2v) is 5.36. The molecule has 2 rings (SSSR count). The SMILES string of the molecule is O=C(/C=C/c1cccc(F)c1)N1CCCN(C(=O)C(F)(F)F)CC1. The van der Waals surface area contributed by atoms with Crippen LogP contribution in [0.15, 0.2) is 30.3 Å². The van der Waals surface area contributed by atoms with Gasteiger partial charge in [0, 0.05) is 32.3 Å². The van der Waals surface area contributed by atoms with Gasteiger partial charge in [0.2, 0.25) is 5.91 Å². The van der Waals surface area contributed by atoms with Gasteiger partial charge in [-0.05, 0) is 30.2 Å². The number of carbonyl (C=O) groups excluding carboxylic acids is 2. The fraction of sp³-hybridized carbons (Fsp3) is 0.375. The lowest BCUT2D eigenvalue weighted by Crippen LogP contribution is -2.43. The zero-order valence-electron chi connectivity index (χ0n) is 12.7. The molecule has 1 aromatic carbocycles. The molecule has 0 aromatic heterocycles. The van der Waals surface area contributed by atoms with Crippen LogP contribution in [-0.4, -0.2) is 54.0 Å². The highest BCUT2D eigenvalue weighted by Gasteiger charge is 2.42. The molecule has 1 heterocycles. The average molecular weight is 344 g/mol. The van der Waals surface area contributed by atoms with Crippen LogP contribution in [0.3, 0.4) is 0 Å². The van der Waals surface area contributed by atoms with E-state index in [9.17, 15) is 27.2 Å². The molecule has 0 radical (unpaired) electrons. The molecule has 0 bridgehead atoms. The quantitative estimate of drug-likeness (QED) is 0.611. The Balaban J connectivity index is 1.96. The fourth-order valence-corrected chi connectivity index (χ4v) is 2.40. The predicted octanol–water partition coefficient (Wildman–Crippen LogP) is 2.46. The van der Waals surface area contributed by atoms with Gasteiger partial charge in [-0.25, -0.2) is 4.39 Å². The van der Waals surface area contributed by atoms with Gasteiger partial charge in [-0.15, -0.1) is 0 Å². The summed E-state index contributed by atoms with van der Waals surface area (Å²) >= 11 is 0. The van der Waals surface area contributed by atoms with Crippen LogP contribution in [0.4, 0.5) is 17.6 Å². The van der Waals surface area contributed by atoms with E-state index in [1.807, 2.05) is 0 Å². The molecule has 1 fully saturated rings. The Hall–Kier alpha value is -2.38. The van der Waals surface area contributed by atoms with Crippen LogP contribution in [0.1, 0.15) is 12.0 Å². The predicted molar refractivity (Wildman–Crippen MR) is 79.3 cm³/mol. The highest BCUT2D eigenvalue weighted by Crippen LogP contribution is 2.19. The van der Waals surface area contributed by atoms with Crippen LogP contribution in [0, 0.1) is 5.82 Å². The highest BCUT2D eigenvalue weighted by molar-refractivity contribution is 5.92. The number of amides is 2. The first-order valence-corrected chi connectivity index (χ1v) is 7.36. The van der Waals surface area contributed by atoms with E-state index in [0.29, 0.717) is 10.5 Å². The number of halogens is 4. The summed E-state index contributed by atoms with van der Waals surface area (Å²) < 4.78 is 50.4. The molecule has 130 valence electrons. The minimum absolute atomic E-state index is 0.0220. The molecule has 0 saturated carbocycles. The summed E-state index contributed by atoms with van der Waals surface area (Å²) in [6, 6.07) is 5.67. The smallest absolute Gasteiger partial charge is 0.337 e. The zero-order valence-corrected chi connectivity index (χ0v) is 12.7. The van der Waals surface area contributed by atoms with E-state index in [1.165, 1.54) is 35.3 Å².